The molecule has 1 heterocycles. The van der Waals surface area contributed by atoms with E-state index in [1.165, 1.54) is 17.5 Å². The van der Waals surface area contributed by atoms with Crippen molar-refractivity contribution in [3.63, 3.8) is 0 Å². The maximum Gasteiger partial charge on any atom is 0.337 e. The zero-order valence-corrected chi connectivity index (χ0v) is 21.8. The van der Waals surface area contributed by atoms with Gasteiger partial charge in [0.25, 0.3) is 8.32 Å². The summed E-state index contributed by atoms with van der Waals surface area (Å²) in [7, 11) is -1.25. The van der Waals surface area contributed by atoms with Gasteiger partial charge in [0.15, 0.2) is 0 Å². The highest BCUT2D eigenvalue weighted by molar-refractivity contribution is 6.99. The van der Waals surface area contributed by atoms with E-state index in [1.54, 1.807) is 12.1 Å². The number of hydrogen-bond donors (Lipinski definition) is 0. The standard InChI is InChI=1S/C29H32N2O3Si/c1-29(2,3)35(26-11-7-5-8-12-26,27-13-9-6-10-14-27)34-21-25-19-30-22-31(25)20-23-15-17-24(18-16-23)28(32)33-4/h5-19,22H,20-21H2,1-4H3. The molecule has 0 atom stereocenters. The highest BCUT2D eigenvalue weighted by Crippen LogP contribution is 2.37. The zero-order chi connectivity index (χ0) is 24.9. The number of imidazole rings is 1. The lowest BCUT2D eigenvalue weighted by atomic mass is 10.1. The minimum absolute atomic E-state index is 0.0930. The van der Waals surface area contributed by atoms with Crippen molar-refractivity contribution in [2.24, 2.45) is 0 Å². The first-order chi connectivity index (χ1) is 16.8. The molecule has 0 aliphatic carbocycles. The zero-order valence-electron chi connectivity index (χ0n) is 20.8. The monoisotopic (exact) mass is 484 g/mol. The van der Waals surface area contributed by atoms with Gasteiger partial charge in [-0.05, 0) is 33.1 Å². The van der Waals surface area contributed by atoms with Gasteiger partial charge >= 0.3 is 5.97 Å². The van der Waals surface area contributed by atoms with Gasteiger partial charge in [-0.2, -0.15) is 0 Å². The van der Waals surface area contributed by atoms with E-state index in [2.05, 4.69) is 91.0 Å². The van der Waals surface area contributed by atoms with Gasteiger partial charge in [0, 0.05) is 6.54 Å². The number of carbonyl (C=O) groups is 1. The molecular formula is C29H32N2O3Si. The van der Waals surface area contributed by atoms with E-state index in [9.17, 15) is 4.79 Å². The largest absolute Gasteiger partial charge is 0.465 e. The third kappa shape index (κ3) is 5.14. The van der Waals surface area contributed by atoms with Gasteiger partial charge in [-0.25, -0.2) is 9.78 Å². The van der Waals surface area contributed by atoms with Gasteiger partial charge in [0.2, 0.25) is 0 Å². The quantitative estimate of drug-likeness (QED) is 0.266. The first-order valence-electron chi connectivity index (χ1n) is 11.8. The Balaban J connectivity index is 1.64. The van der Waals surface area contributed by atoms with Crippen LogP contribution in [0.4, 0.5) is 0 Å². The number of hydrogen-bond acceptors (Lipinski definition) is 4. The second kappa shape index (κ2) is 10.4. The molecular weight excluding hydrogens is 452 g/mol. The number of nitrogens with zero attached hydrogens (tertiary/aromatic N) is 2. The van der Waals surface area contributed by atoms with Crippen molar-refractivity contribution in [3.05, 3.63) is 114 Å². The molecule has 0 amide bonds. The third-order valence-corrected chi connectivity index (χ3v) is 11.4. The van der Waals surface area contributed by atoms with Crippen molar-refractivity contribution in [3.8, 4) is 0 Å². The van der Waals surface area contributed by atoms with Crippen molar-refractivity contribution in [2.45, 2.75) is 39.0 Å². The number of aromatic nitrogens is 2. The first-order valence-corrected chi connectivity index (χ1v) is 13.7. The van der Waals surface area contributed by atoms with Crippen molar-refractivity contribution >= 4 is 24.7 Å². The molecule has 0 bridgehead atoms. The van der Waals surface area contributed by atoms with Crippen LogP contribution in [-0.4, -0.2) is 30.9 Å². The molecule has 5 nitrogen and oxygen atoms in total. The molecule has 4 aromatic rings. The molecule has 0 aliphatic rings. The molecule has 35 heavy (non-hydrogen) atoms. The normalized spacial score (nSPS) is 11.9. The Bertz CT molecular complexity index is 1210. The van der Waals surface area contributed by atoms with Crippen LogP contribution in [0.1, 0.15) is 42.4 Å². The predicted molar refractivity (Wildman–Crippen MR) is 142 cm³/mol. The van der Waals surface area contributed by atoms with Crippen LogP contribution >= 0.6 is 0 Å². The van der Waals surface area contributed by atoms with E-state index in [1.807, 2.05) is 24.7 Å². The second-order valence-electron chi connectivity index (χ2n) is 9.65. The van der Waals surface area contributed by atoms with Crippen LogP contribution in [0.2, 0.25) is 5.04 Å². The molecule has 0 aliphatic heterocycles. The van der Waals surface area contributed by atoms with Crippen LogP contribution in [0, 0.1) is 0 Å². The van der Waals surface area contributed by atoms with Gasteiger partial charge in [0.05, 0.1) is 37.5 Å². The Kier molecular flexibility index (Phi) is 7.33. The van der Waals surface area contributed by atoms with E-state index in [4.69, 9.17) is 9.16 Å². The fourth-order valence-electron chi connectivity index (χ4n) is 4.62. The van der Waals surface area contributed by atoms with Gasteiger partial charge in [-0.1, -0.05) is 93.6 Å². The summed E-state index contributed by atoms with van der Waals surface area (Å²) >= 11 is 0. The molecule has 4 rings (SSSR count). The third-order valence-electron chi connectivity index (χ3n) is 6.38. The summed E-state index contributed by atoms with van der Waals surface area (Å²) in [5, 5.41) is 2.41. The van der Waals surface area contributed by atoms with Gasteiger partial charge in [0.1, 0.15) is 0 Å². The van der Waals surface area contributed by atoms with E-state index in [-0.39, 0.29) is 11.0 Å². The fraction of sp³-hybridized carbons (Fsp3) is 0.241. The number of carbonyl (C=O) groups excluding carboxylic acids is 1. The summed E-state index contributed by atoms with van der Waals surface area (Å²) in [6.07, 6.45) is 3.71. The van der Waals surface area contributed by atoms with E-state index < -0.39 is 8.32 Å². The summed E-state index contributed by atoms with van der Waals surface area (Å²) in [5.41, 5.74) is 2.62. The highest BCUT2D eigenvalue weighted by Gasteiger charge is 2.50. The molecule has 0 saturated heterocycles. The molecule has 0 saturated carbocycles. The average molecular weight is 485 g/mol. The predicted octanol–water partition coefficient (Wildman–Crippen LogP) is 4.79. The lowest BCUT2D eigenvalue weighted by Crippen LogP contribution is -2.66. The number of methoxy groups -OCH3 is 1. The lowest BCUT2D eigenvalue weighted by Gasteiger charge is -2.43. The Morgan fingerprint density at radius 1 is 0.886 bits per heavy atom. The Morgan fingerprint density at radius 2 is 1.46 bits per heavy atom. The van der Waals surface area contributed by atoms with E-state index in [0.717, 1.165) is 11.3 Å². The summed E-state index contributed by atoms with van der Waals surface area (Å²) < 4.78 is 14.0. The van der Waals surface area contributed by atoms with Gasteiger partial charge in [-0.15, -0.1) is 0 Å². The number of benzene rings is 3. The number of esters is 1. The Hall–Kier alpha value is -3.48. The Labute approximate surface area is 208 Å². The SMILES string of the molecule is COC(=O)c1ccc(Cn2cncc2CO[Si](c2ccccc2)(c2ccccc2)C(C)(C)C)cc1. The fourth-order valence-corrected chi connectivity index (χ4v) is 9.14. The van der Waals surface area contributed by atoms with Gasteiger partial charge < -0.3 is 13.7 Å². The molecule has 0 unspecified atom stereocenters. The Morgan fingerprint density at radius 3 is 1.97 bits per heavy atom. The topological polar surface area (TPSA) is 53.4 Å². The summed E-state index contributed by atoms with van der Waals surface area (Å²) in [5.74, 6) is -0.335. The first kappa shape index (κ1) is 24.6. The minimum atomic E-state index is -2.64. The molecule has 0 spiro atoms. The average Bonchev–Trinajstić information content (AvgIpc) is 3.31. The highest BCUT2D eigenvalue weighted by atomic mass is 28.4. The second-order valence-corrected chi connectivity index (χ2v) is 14.0. The van der Waals surface area contributed by atoms with Crippen molar-refractivity contribution in [1.82, 2.24) is 9.55 Å². The maximum absolute atomic E-state index is 11.7. The molecule has 3 aromatic carbocycles. The van der Waals surface area contributed by atoms with Gasteiger partial charge in [-0.3, -0.25) is 0 Å². The summed E-state index contributed by atoms with van der Waals surface area (Å²) in [6, 6.07) is 28.7. The van der Waals surface area contributed by atoms with Crippen molar-refractivity contribution in [1.29, 1.82) is 0 Å². The van der Waals surface area contributed by atoms with Crippen LogP contribution < -0.4 is 10.4 Å². The molecule has 1 aromatic heterocycles. The summed E-state index contributed by atoms with van der Waals surface area (Å²) in [4.78, 5) is 16.1. The van der Waals surface area contributed by atoms with Crippen LogP contribution in [0.3, 0.4) is 0 Å². The maximum atomic E-state index is 11.7. The van der Waals surface area contributed by atoms with Crippen molar-refractivity contribution < 1.29 is 14.0 Å². The van der Waals surface area contributed by atoms with Crippen LogP contribution in [-0.2, 0) is 22.3 Å². The molecule has 6 heteroatoms. The lowest BCUT2D eigenvalue weighted by molar-refractivity contribution is 0.0600. The van der Waals surface area contributed by atoms with Crippen LogP contribution in [0.5, 0.6) is 0 Å². The summed E-state index contributed by atoms with van der Waals surface area (Å²) in [6.45, 7) is 7.92. The van der Waals surface area contributed by atoms with Crippen molar-refractivity contribution in [2.75, 3.05) is 7.11 Å². The molecule has 0 radical (unpaired) electrons. The van der Waals surface area contributed by atoms with Crippen LogP contribution in [0.25, 0.3) is 0 Å². The van der Waals surface area contributed by atoms with Crippen LogP contribution in [0.15, 0.2) is 97.5 Å². The molecule has 0 N–H and O–H groups in total. The number of rotatable bonds is 8. The van der Waals surface area contributed by atoms with E-state index in [0.29, 0.717) is 18.7 Å². The molecule has 180 valence electrons. The molecule has 0 fully saturated rings. The smallest absolute Gasteiger partial charge is 0.337 e. The van der Waals surface area contributed by atoms with E-state index >= 15 is 0 Å². The number of ether oxygens (including phenoxy) is 1. The minimum Gasteiger partial charge on any atom is -0.465 e.